The van der Waals surface area contributed by atoms with Gasteiger partial charge in [0.05, 0.1) is 5.69 Å². The fourth-order valence-electron chi connectivity index (χ4n) is 1.14. The number of benzene rings is 1. The van der Waals surface area contributed by atoms with Crippen LogP contribution in [0, 0.1) is 0 Å². The Hall–Kier alpha value is -1.51. The summed E-state index contributed by atoms with van der Waals surface area (Å²) in [5.74, 6) is 0. The van der Waals surface area contributed by atoms with Gasteiger partial charge in [0, 0.05) is 0 Å². The number of hydrogen-bond donors (Lipinski definition) is 1. The summed E-state index contributed by atoms with van der Waals surface area (Å²) >= 11 is 0. The van der Waals surface area contributed by atoms with E-state index in [9.17, 15) is 4.79 Å². The predicted octanol–water partition coefficient (Wildman–Crippen LogP) is 2.48. The lowest BCUT2D eigenvalue weighted by Gasteiger charge is -2.19. The van der Waals surface area contributed by atoms with Crippen molar-refractivity contribution in [1.29, 1.82) is 0 Å². The second-order valence-electron chi connectivity index (χ2n) is 4.15. The molecule has 0 radical (unpaired) electrons. The highest BCUT2D eigenvalue weighted by Crippen LogP contribution is 2.24. The lowest BCUT2D eigenvalue weighted by atomic mass is 9.87. The molecule has 1 rings (SSSR count). The fourth-order valence-corrected chi connectivity index (χ4v) is 1.14. The first kappa shape index (κ1) is 10.6. The van der Waals surface area contributed by atoms with Crippen LogP contribution in [0.3, 0.4) is 0 Å². The van der Waals surface area contributed by atoms with Crippen molar-refractivity contribution in [2.45, 2.75) is 26.2 Å². The monoisotopic (exact) mass is 193 g/mol. The van der Waals surface area contributed by atoms with Crippen LogP contribution in [0.5, 0.6) is 0 Å². The van der Waals surface area contributed by atoms with Gasteiger partial charge < -0.3 is 4.84 Å². The molecule has 76 valence electrons. The predicted molar refractivity (Wildman–Crippen MR) is 55.9 cm³/mol. The minimum Gasteiger partial charge on any atom is -0.347 e. The Bertz CT molecular complexity index is 315. The summed E-state index contributed by atoms with van der Waals surface area (Å²) < 4.78 is 0. The molecule has 0 aliphatic rings. The molecule has 1 N–H and O–H groups in total. The molecular weight excluding hydrogens is 178 g/mol. The maximum Gasteiger partial charge on any atom is 0.320 e. The molecular formula is C11H15NO2. The zero-order valence-corrected chi connectivity index (χ0v) is 8.70. The molecule has 0 atom stereocenters. The number of hydrogen-bond acceptors (Lipinski definition) is 3. The molecule has 0 fully saturated rings. The van der Waals surface area contributed by atoms with Crippen LogP contribution in [-0.4, -0.2) is 6.47 Å². The Morgan fingerprint density at radius 3 is 2.64 bits per heavy atom. The molecule has 0 aromatic heterocycles. The topological polar surface area (TPSA) is 38.3 Å². The lowest BCUT2D eigenvalue weighted by molar-refractivity contribution is -0.126. The van der Waals surface area contributed by atoms with Crippen LogP contribution in [0.15, 0.2) is 24.3 Å². The summed E-state index contributed by atoms with van der Waals surface area (Å²) in [5, 5.41) is 0. The van der Waals surface area contributed by atoms with Crippen molar-refractivity contribution in [3.63, 3.8) is 0 Å². The van der Waals surface area contributed by atoms with E-state index in [0.29, 0.717) is 6.47 Å². The highest BCUT2D eigenvalue weighted by atomic mass is 16.7. The third kappa shape index (κ3) is 2.76. The highest BCUT2D eigenvalue weighted by molar-refractivity contribution is 5.48. The van der Waals surface area contributed by atoms with Crippen molar-refractivity contribution in [3.8, 4) is 0 Å². The van der Waals surface area contributed by atoms with E-state index in [-0.39, 0.29) is 5.41 Å². The van der Waals surface area contributed by atoms with Crippen molar-refractivity contribution in [2.24, 2.45) is 0 Å². The Morgan fingerprint density at radius 2 is 2.07 bits per heavy atom. The molecule has 3 heteroatoms. The number of rotatable bonds is 3. The van der Waals surface area contributed by atoms with Gasteiger partial charge in [-0.05, 0) is 23.1 Å². The van der Waals surface area contributed by atoms with E-state index in [2.05, 4.69) is 31.1 Å². The van der Waals surface area contributed by atoms with Crippen molar-refractivity contribution in [2.75, 3.05) is 5.48 Å². The van der Waals surface area contributed by atoms with Crippen LogP contribution in [0.2, 0.25) is 0 Å². The zero-order valence-electron chi connectivity index (χ0n) is 8.70. The summed E-state index contributed by atoms with van der Waals surface area (Å²) in [7, 11) is 0. The largest absolute Gasteiger partial charge is 0.347 e. The van der Waals surface area contributed by atoms with Gasteiger partial charge in [-0.1, -0.05) is 32.9 Å². The summed E-state index contributed by atoms with van der Waals surface area (Å²) in [6, 6.07) is 7.78. The first-order chi connectivity index (χ1) is 6.54. The smallest absolute Gasteiger partial charge is 0.320 e. The van der Waals surface area contributed by atoms with E-state index < -0.39 is 0 Å². The number of carbonyl (C=O) groups is 1. The van der Waals surface area contributed by atoms with Crippen LogP contribution in [-0.2, 0) is 15.0 Å². The fraction of sp³-hybridized carbons (Fsp3) is 0.364. The summed E-state index contributed by atoms with van der Waals surface area (Å²) in [6.07, 6.45) is 0. The summed E-state index contributed by atoms with van der Waals surface area (Å²) in [4.78, 5) is 14.4. The third-order valence-electron chi connectivity index (χ3n) is 1.95. The average molecular weight is 193 g/mol. The molecule has 0 bridgehead atoms. The van der Waals surface area contributed by atoms with E-state index in [0.717, 1.165) is 5.69 Å². The van der Waals surface area contributed by atoms with Crippen LogP contribution in [0.25, 0.3) is 0 Å². The minimum absolute atomic E-state index is 0.0961. The van der Waals surface area contributed by atoms with Crippen molar-refractivity contribution in [1.82, 2.24) is 0 Å². The van der Waals surface area contributed by atoms with E-state index >= 15 is 0 Å². The van der Waals surface area contributed by atoms with Crippen LogP contribution in [0.1, 0.15) is 26.3 Å². The van der Waals surface area contributed by atoms with E-state index in [1.54, 1.807) is 0 Å². The molecule has 0 unspecified atom stereocenters. The van der Waals surface area contributed by atoms with Gasteiger partial charge in [0.15, 0.2) is 0 Å². The maximum atomic E-state index is 9.98. The van der Waals surface area contributed by atoms with E-state index in [1.807, 2.05) is 24.3 Å². The summed E-state index contributed by atoms with van der Waals surface area (Å²) in [5.41, 5.74) is 4.61. The zero-order chi connectivity index (χ0) is 10.6. The van der Waals surface area contributed by atoms with Gasteiger partial charge in [0.25, 0.3) is 0 Å². The van der Waals surface area contributed by atoms with Gasteiger partial charge >= 0.3 is 6.47 Å². The SMILES string of the molecule is CC(C)(C)c1cccc(NOC=O)c1. The number of nitrogens with one attached hydrogen (secondary N) is 1. The minimum atomic E-state index is 0.0961. The second-order valence-corrected chi connectivity index (χ2v) is 4.15. The van der Waals surface area contributed by atoms with Crippen molar-refractivity contribution >= 4 is 12.2 Å². The van der Waals surface area contributed by atoms with Crippen LogP contribution in [0.4, 0.5) is 5.69 Å². The second kappa shape index (κ2) is 4.13. The molecule has 14 heavy (non-hydrogen) atoms. The van der Waals surface area contributed by atoms with Gasteiger partial charge in [-0.15, -0.1) is 0 Å². The number of anilines is 1. The van der Waals surface area contributed by atoms with Crippen molar-refractivity contribution in [3.05, 3.63) is 29.8 Å². The Morgan fingerprint density at radius 1 is 1.36 bits per heavy atom. The molecule has 0 saturated heterocycles. The Balaban J connectivity index is 2.84. The lowest BCUT2D eigenvalue weighted by Crippen LogP contribution is -2.11. The van der Waals surface area contributed by atoms with E-state index in [1.165, 1.54) is 5.56 Å². The standard InChI is InChI=1S/C11H15NO2/c1-11(2,3)9-5-4-6-10(7-9)12-14-8-13/h4-8,12H,1-3H3. The van der Waals surface area contributed by atoms with Crippen LogP contribution >= 0.6 is 0 Å². The Kier molecular flexibility index (Phi) is 3.12. The summed E-state index contributed by atoms with van der Waals surface area (Å²) in [6.45, 7) is 6.76. The van der Waals surface area contributed by atoms with Gasteiger partial charge in [-0.3, -0.25) is 4.79 Å². The normalized spacial score (nSPS) is 10.8. The van der Waals surface area contributed by atoms with Gasteiger partial charge in [0.2, 0.25) is 0 Å². The van der Waals surface area contributed by atoms with Crippen LogP contribution < -0.4 is 5.48 Å². The maximum absolute atomic E-state index is 9.98. The number of carbonyl (C=O) groups excluding carboxylic acids is 1. The Labute approximate surface area is 84.0 Å². The van der Waals surface area contributed by atoms with Gasteiger partial charge in [-0.2, -0.15) is 0 Å². The molecule has 0 aliphatic carbocycles. The van der Waals surface area contributed by atoms with Crippen molar-refractivity contribution < 1.29 is 9.63 Å². The molecule has 0 heterocycles. The third-order valence-corrected chi connectivity index (χ3v) is 1.95. The molecule has 1 aromatic carbocycles. The molecule has 0 amide bonds. The van der Waals surface area contributed by atoms with E-state index in [4.69, 9.17) is 0 Å². The molecule has 0 aliphatic heterocycles. The molecule has 1 aromatic rings. The molecule has 3 nitrogen and oxygen atoms in total. The molecule has 0 saturated carbocycles. The highest BCUT2D eigenvalue weighted by Gasteiger charge is 2.13. The molecule has 0 spiro atoms. The average Bonchev–Trinajstić information content (AvgIpc) is 2.14. The quantitative estimate of drug-likeness (QED) is 0.592. The van der Waals surface area contributed by atoms with Gasteiger partial charge in [0.1, 0.15) is 0 Å². The van der Waals surface area contributed by atoms with Gasteiger partial charge in [-0.25, -0.2) is 5.48 Å². The first-order valence-corrected chi connectivity index (χ1v) is 4.50. The first-order valence-electron chi connectivity index (χ1n) is 4.50.